The molecule has 1 aromatic rings. The van der Waals surface area contributed by atoms with Gasteiger partial charge in [0.05, 0.1) is 10.5 Å². The second-order valence-electron chi connectivity index (χ2n) is 8.33. The fourth-order valence-electron chi connectivity index (χ4n) is 3.92. The molecule has 1 amide bonds. The third kappa shape index (κ3) is 3.71. The number of benzene rings is 1. The molecule has 12 heteroatoms. The maximum Gasteiger partial charge on any atom is 0.437 e. The zero-order chi connectivity index (χ0) is 22.5. The van der Waals surface area contributed by atoms with E-state index < -0.39 is 43.2 Å². The molecule has 3 rings (SSSR count). The van der Waals surface area contributed by atoms with Gasteiger partial charge in [-0.2, -0.15) is 0 Å². The van der Waals surface area contributed by atoms with Crippen molar-refractivity contribution in [3.63, 3.8) is 0 Å². The van der Waals surface area contributed by atoms with Gasteiger partial charge in [0.15, 0.2) is 0 Å². The molecule has 1 N–H and O–H groups in total. The Morgan fingerprint density at radius 1 is 1.43 bits per heavy atom. The number of amides is 1. The molecular formula is C18H23FN4O6S. The highest BCUT2D eigenvalue weighted by Gasteiger charge is 2.58. The summed E-state index contributed by atoms with van der Waals surface area (Å²) in [7, 11) is -2.80. The van der Waals surface area contributed by atoms with Crippen LogP contribution in [0.3, 0.4) is 0 Å². The first kappa shape index (κ1) is 21.9. The minimum atomic E-state index is -4.04. The zero-order valence-electron chi connectivity index (χ0n) is 17.0. The number of ether oxygens (including phenoxy) is 1. The van der Waals surface area contributed by atoms with E-state index in [0.29, 0.717) is 6.42 Å². The quantitative estimate of drug-likeness (QED) is 0.550. The largest absolute Gasteiger partial charge is 0.442 e. The molecule has 1 saturated heterocycles. The van der Waals surface area contributed by atoms with Gasteiger partial charge in [0, 0.05) is 24.7 Å². The minimum Gasteiger partial charge on any atom is -0.442 e. The number of carbonyl (C=O) groups is 1. The summed E-state index contributed by atoms with van der Waals surface area (Å²) < 4.78 is 47.1. The van der Waals surface area contributed by atoms with Gasteiger partial charge in [-0.1, -0.05) is 0 Å². The average Bonchev–Trinajstić information content (AvgIpc) is 3.04. The van der Waals surface area contributed by atoms with Gasteiger partial charge in [0.25, 0.3) is 5.69 Å². The van der Waals surface area contributed by atoms with Crippen molar-refractivity contribution in [3.05, 3.63) is 39.7 Å². The van der Waals surface area contributed by atoms with E-state index in [9.17, 15) is 27.7 Å². The number of guanidine groups is 1. The molecule has 1 aromatic carbocycles. The van der Waals surface area contributed by atoms with E-state index in [2.05, 4.69) is 10.3 Å². The topological polar surface area (TPSA) is 131 Å². The van der Waals surface area contributed by atoms with Gasteiger partial charge in [-0.3, -0.25) is 10.1 Å². The number of rotatable bonds is 2. The van der Waals surface area contributed by atoms with Crippen LogP contribution >= 0.6 is 0 Å². The number of carbonyl (C=O) groups excluding carboxylic acids is 1. The highest BCUT2D eigenvalue weighted by atomic mass is 32.2. The van der Waals surface area contributed by atoms with Crippen molar-refractivity contribution in [1.29, 1.82) is 0 Å². The Balaban J connectivity index is 2.15. The predicted molar refractivity (Wildman–Crippen MR) is 106 cm³/mol. The molecule has 0 bridgehead atoms. The fraction of sp³-hybridized carbons (Fsp3) is 0.556. The number of nitrogens with one attached hydrogen (secondary N) is 1. The molecule has 0 radical (unpaired) electrons. The second kappa shape index (κ2) is 7.18. The molecule has 2 aliphatic rings. The van der Waals surface area contributed by atoms with E-state index in [4.69, 9.17) is 4.74 Å². The van der Waals surface area contributed by atoms with E-state index in [0.717, 1.165) is 22.5 Å². The van der Waals surface area contributed by atoms with E-state index in [1.165, 1.54) is 7.05 Å². The number of nitrogens with zero attached hydrogens (tertiary/aromatic N) is 3. The molecule has 2 fully saturated rings. The van der Waals surface area contributed by atoms with Crippen LogP contribution in [-0.4, -0.2) is 47.6 Å². The molecule has 0 unspecified atom stereocenters. The van der Waals surface area contributed by atoms with Crippen LogP contribution in [0.4, 0.5) is 14.9 Å². The first-order chi connectivity index (χ1) is 13.8. The summed E-state index contributed by atoms with van der Waals surface area (Å²) in [6, 6.07) is 2.99. The minimum absolute atomic E-state index is 0.146. The molecule has 0 spiro atoms. The first-order valence-corrected chi connectivity index (χ1v) is 10.8. The highest BCUT2D eigenvalue weighted by molar-refractivity contribution is 7.90. The van der Waals surface area contributed by atoms with E-state index >= 15 is 0 Å². The Morgan fingerprint density at radius 2 is 2.10 bits per heavy atom. The van der Waals surface area contributed by atoms with Crippen molar-refractivity contribution in [2.24, 2.45) is 4.99 Å². The molecule has 10 nitrogen and oxygen atoms in total. The molecule has 1 heterocycles. The maximum atomic E-state index is 14.8. The van der Waals surface area contributed by atoms with Crippen LogP contribution in [0.2, 0.25) is 0 Å². The summed E-state index contributed by atoms with van der Waals surface area (Å²) >= 11 is 0. The number of non-ortho nitro benzene ring substituents is 1. The number of nitro benzene ring substituents is 1. The van der Waals surface area contributed by atoms with Crippen LogP contribution in [0, 0.1) is 15.9 Å². The Morgan fingerprint density at radius 3 is 2.70 bits per heavy atom. The van der Waals surface area contributed by atoms with Crippen molar-refractivity contribution in [1.82, 2.24) is 9.62 Å². The molecule has 30 heavy (non-hydrogen) atoms. The smallest absolute Gasteiger partial charge is 0.437 e. The lowest BCUT2D eigenvalue weighted by atomic mass is 9.87. The standard InChI is InChI=1S/C18H23FN4O6S/c1-17(2,3)29-16(24)20-15-21-18(9-5-6-14(18)30(27,28)22(15)4)12-10-11(23(25)26)7-8-13(12)19/h7-8,10,14H,5-6,9H2,1-4H3,(H,20,21,24)/t14-,18-/m1/s1. The highest BCUT2D eigenvalue weighted by Crippen LogP contribution is 2.47. The van der Waals surface area contributed by atoms with E-state index in [-0.39, 0.29) is 30.1 Å². The van der Waals surface area contributed by atoms with Crippen molar-refractivity contribution in [3.8, 4) is 0 Å². The van der Waals surface area contributed by atoms with Crippen molar-refractivity contribution < 1.29 is 27.3 Å². The van der Waals surface area contributed by atoms with Crippen LogP contribution in [-0.2, 0) is 20.3 Å². The van der Waals surface area contributed by atoms with Gasteiger partial charge < -0.3 is 10.1 Å². The van der Waals surface area contributed by atoms with Crippen LogP contribution in [0.1, 0.15) is 45.6 Å². The lowest BCUT2D eigenvalue weighted by molar-refractivity contribution is -0.385. The van der Waals surface area contributed by atoms with E-state index in [1.54, 1.807) is 20.8 Å². The van der Waals surface area contributed by atoms with Crippen molar-refractivity contribution >= 4 is 27.8 Å². The monoisotopic (exact) mass is 442 g/mol. The van der Waals surface area contributed by atoms with Crippen molar-refractivity contribution in [2.75, 3.05) is 7.05 Å². The van der Waals surface area contributed by atoms with Crippen LogP contribution < -0.4 is 5.32 Å². The average molecular weight is 442 g/mol. The Bertz CT molecular complexity index is 1040. The predicted octanol–water partition coefficient (Wildman–Crippen LogP) is 2.64. The lowest BCUT2D eigenvalue weighted by Crippen LogP contribution is -2.65. The number of fused-ring (bicyclic) bond motifs is 1. The Hall–Kier alpha value is -2.76. The van der Waals surface area contributed by atoms with Crippen molar-refractivity contribution in [2.45, 2.75) is 56.4 Å². The summed E-state index contributed by atoms with van der Waals surface area (Å²) in [4.78, 5) is 26.5. The van der Waals surface area contributed by atoms with Gasteiger partial charge in [-0.25, -0.2) is 21.9 Å². The summed E-state index contributed by atoms with van der Waals surface area (Å²) in [5.41, 5.74) is -2.86. The Kier molecular flexibility index (Phi) is 5.25. The third-order valence-electron chi connectivity index (χ3n) is 5.19. The SMILES string of the molecule is CN1/C(=N\C(=O)OC(C)(C)C)N[C@@]2(c3cc([N+](=O)[O-])ccc3F)CCC[C@H]2S1(=O)=O. The molecule has 2 atom stereocenters. The maximum absolute atomic E-state index is 14.8. The zero-order valence-corrected chi connectivity index (χ0v) is 17.8. The Labute approximate surface area is 173 Å². The van der Waals surface area contributed by atoms with Gasteiger partial charge in [-0.15, -0.1) is 4.99 Å². The van der Waals surface area contributed by atoms with Gasteiger partial charge >= 0.3 is 6.09 Å². The molecule has 1 saturated carbocycles. The number of halogens is 1. The molecule has 0 aromatic heterocycles. The molecule has 1 aliphatic carbocycles. The summed E-state index contributed by atoms with van der Waals surface area (Å²) in [6.45, 7) is 4.90. The summed E-state index contributed by atoms with van der Waals surface area (Å²) in [6.07, 6.45) is -0.164. The third-order valence-corrected chi connectivity index (χ3v) is 7.49. The molecular weight excluding hydrogens is 419 g/mol. The lowest BCUT2D eigenvalue weighted by Gasteiger charge is -2.45. The molecule has 1 aliphatic heterocycles. The number of nitro groups is 1. The van der Waals surface area contributed by atoms with E-state index in [1.807, 2.05) is 0 Å². The van der Waals surface area contributed by atoms with Gasteiger partial charge in [0.2, 0.25) is 16.0 Å². The van der Waals surface area contributed by atoms with Gasteiger partial charge in [-0.05, 0) is 46.1 Å². The van der Waals surface area contributed by atoms with Gasteiger partial charge in [0.1, 0.15) is 16.7 Å². The number of sulfonamides is 1. The summed E-state index contributed by atoms with van der Waals surface area (Å²) in [5.74, 6) is -1.11. The normalized spacial score (nSPS) is 26.8. The van der Waals surface area contributed by atoms with Crippen LogP contribution in [0.25, 0.3) is 0 Å². The molecule has 164 valence electrons. The summed E-state index contributed by atoms with van der Waals surface area (Å²) in [5, 5.41) is 13.0. The van der Waals surface area contributed by atoms with Crippen LogP contribution in [0.5, 0.6) is 0 Å². The first-order valence-electron chi connectivity index (χ1n) is 9.30. The fourth-order valence-corrected chi connectivity index (χ4v) is 5.91. The number of hydrogen-bond acceptors (Lipinski definition) is 6. The number of hydrogen-bond donors (Lipinski definition) is 1. The van der Waals surface area contributed by atoms with Crippen LogP contribution in [0.15, 0.2) is 23.2 Å². The number of aliphatic imine (C=N–C) groups is 1. The second-order valence-corrected chi connectivity index (χ2v) is 10.5.